The molecule has 0 fully saturated rings. The molecule has 1 rings (SSSR count). The van der Waals surface area contributed by atoms with E-state index in [2.05, 4.69) is 26.3 Å². The fourth-order valence-corrected chi connectivity index (χ4v) is 3.95. The first-order valence-electron chi connectivity index (χ1n) is 14.1. The number of hydrogen-bond acceptors (Lipinski definition) is 9. The number of carbonyl (C=O) groups is 6. The van der Waals surface area contributed by atoms with E-state index in [0.717, 1.165) is 0 Å². The summed E-state index contributed by atoms with van der Waals surface area (Å²) in [4.78, 5) is 79.1. The average Bonchev–Trinajstić information content (AvgIpc) is 2.93. The third-order valence-corrected chi connectivity index (χ3v) is 6.55. The van der Waals surface area contributed by atoms with Crippen LogP contribution >= 0.6 is 0 Å². The zero-order valence-corrected chi connectivity index (χ0v) is 25.7. The second kappa shape index (κ2) is 17.4. The maximum absolute atomic E-state index is 13.2. The van der Waals surface area contributed by atoms with E-state index in [0.29, 0.717) is 12.0 Å². The maximum atomic E-state index is 13.2. The van der Waals surface area contributed by atoms with Crippen molar-refractivity contribution in [3.05, 3.63) is 29.8 Å². The highest BCUT2D eigenvalue weighted by molar-refractivity contribution is 5.98. The van der Waals surface area contributed by atoms with Gasteiger partial charge in [-0.25, -0.2) is 4.79 Å². The van der Waals surface area contributed by atoms with Crippen LogP contribution in [-0.2, 0) is 35.2 Å². The van der Waals surface area contributed by atoms with Crippen LogP contribution in [0.5, 0.6) is 5.75 Å². The number of nitrogens with one attached hydrogen (secondary N) is 4. The van der Waals surface area contributed by atoms with Gasteiger partial charge in [0.25, 0.3) is 0 Å². The molecule has 0 saturated carbocycles. The Labute approximate surface area is 260 Å². The second-order valence-electron chi connectivity index (χ2n) is 11.3. The zero-order chi connectivity index (χ0) is 34.5. The number of aliphatic carboxylic acids is 2. The first-order valence-corrected chi connectivity index (χ1v) is 14.1. The number of carbonyl (C=O) groups excluding carboxylic acids is 4. The number of hydrogen-bond donors (Lipinski definition) is 10. The summed E-state index contributed by atoms with van der Waals surface area (Å²) < 4.78 is 0. The zero-order valence-electron chi connectivity index (χ0n) is 25.7. The van der Waals surface area contributed by atoms with Crippen molar-refractivity contribution in [3.63, 3.8) is 0 Å². The third kappa shape index (κ3) is 13.5. The number of carboxylic acid groups (broad SMARTS) is 2. The third-order valence-electron chi connectivity index (χ3n) is 6.55. The average molecular weight is 637 g/mol. The van der Waals surface area contributed by atoms with Crippen molar-refractivity contribution in [2.75, 3.05) is 6.54 Å². The van der Waals surface area contributed by atoms with Crippen LogP contribution in [0.3, 0.4) is 0 Å². The lowest BCUT2D eigenvalue weighted by molar-refractivity contribution is -0.144. The minimum atomic E-state index is -1.67. The van der Waals surface area contributed by atoms with Crippen molar-refractivity contribution in [1.29, 1.82) is 0 Å². The number of nitrogens with zero attached hydrogens (tertiary/aromatic N) is 1. The summed E-state index contributed by atoms with van der Waals surface area (Å²) in [6, 6.07) is 0.328. The summed E-state index contributed by atoms with van der Waals surface area (Å²) in [5, 5.41) is 38.0. The molecule has 250 valence electrons. The van der Waals surface area contributed by atoms with Crippen molar-refractivity contribution in [1.82, 2.24) is 21.3 Å². The molecule has 0 aromatic heterocycles. The monoisotopic (exact) mass is 636 g/mol. The fraction of sp³-hybridized carbons (Fsp3) is 0.536. The lowest BCUT2D eigenvalue weighted by atomic mass is 9.99. The van der Waals surface area contributed by atoms with E-state index in [1.165, 1.54) is 38.1 Å². The molecule has 4 atom stereocenters. The van der Waals surface area contributed by atoms with Crippen molar-refractivity contribution >= 4 is 41.5 Å². The van der Waals surface area contributed by atoms with Gasteiger partial charge in [0, 0.05) is 13.0 Å². The highest BCUT2D eigenvalue weighted by atomic mass is 16.4. The van der Waals surface area contributed by atoms with Crippen LogP contribution in [0.4, 0.5) is 0 Å². The van der Waals surface area contributed by atoms with Gasteiger partial charge >= 0.3 is 11.9 Å². The van der Waals surface area contributed by atoms with Gasteiger partial charge in [-0.3, -0.25) is 29.0 Å². The van der Waals surface area contributed by atoms with E-state index in [1.54, 1.807) is 13.8 Å². The predicted octanol–water partition coefficient (Wildman–Crippen LogP) is -2.12. The van der Waals surface area contributed by atoms with Crippen LogP contribution in [0.2, 0.25) is 0 Å². The van der Waals surface area contributed by atoms with E-state index in [4.69, 9.17) is 17.2 Å². The van der Waals surface area contributed by atoms with E-state index in [-0.39, 0.29) is 31.1 Å². The Hall–Kier alpha value is -4.93. The molecule has 4 amide bonds. The topological polar surface area (TPSA) is 302 Å². The van der Waals surface area contributed by atoms with Crippen molar-refractivity contribution in [2.24, 2.45) is 28.1 Å². The molecule has 1 aromatic rings. The number of amides is 4. The van der Waals surface area contributed by atoms with E-state index >= 15 is 0 Å². The summed E-state index contributed by atoms with van der Waals surface area (Å²) in [5.41, 5.74) is 15.3. The Balaban J connectivity index is 2.98. The smallest absolute Gasteiger partial charge is 0.326 e. The fourth-order valence-electron chi connectivity index (χ4n) is 3.95. The Bertz CT molecular complexity index is 1250. The van der Waals surface area contributed by atoms with Crippen molar-refractivity contribution in [2.45, 2.75) is 83.1 Å². The van der Waals surface area contributed by atoms with Crippen LogP contribution in [-0.4, -0.2) is 93.1 Å². The molecule has 0 spiro atoms. The maximum Gasteiger partial charge on any atom is 0.326 e. The van der Waals surface area contributed by atoms with E-state index in [1.807, 2.05) is 0 Å². The molecule has 0 heterocycles. The minimum Gasteiger partial charge on any atom is -0.508 e. The number of carboxylic acids is 2. The Morgan fingerprint density at radius 1 is 0.889 bits per heavy atom. The Morgan fingerprint density at radius 2 is 1.49 bits per heavy atom. The van der Waals surface area contributed by atoms with Gasteiger partial charge in [-0.05, 0) is 50.3 Å². The lowest BCUT2D eigenvalue weighted by Gasteiger charge is -2.30. The van der Waals surface area contributed by atoms with Gasteiger partial charge < -0.3 is 53.8 Å². The number of phenolic OH excluding ortho intramolecular Hbond substituents is 1. The molecule has 45 heavy (non-hydrogen) atoms. The predicted molar refractivity (Wildman–Crippen MR) is 162 cm³/mol. The molecule has 0 aliphatic rings. The van der Waals surface area contributed by atoms with Gasteiger partial charge in [0.05, 0.1) is 12.5 Å². The first kappa shape index (κ1) is 38.1. The molecule has 17 nitrogen and oxygen atoms in total. The lowest BCUT2D eigenvalue weighted by Crippen LogP contribution is -2.62. The SMILES string of the molecule is CC(C)C(NC(=O)C(CC(=O)O)NC(=O)C(C)(C)NC(=O)C(N)CCCN=C(N)N)C(=O)NC(Cc1ccc(O)cc1)C(=O)O. The molecule has 4 unspecified atom stereocenters. The number of guanidine groups is 1. The van der Waals surface area contributed by atoms with Crippen LogP contribution in [0.15, 0.2) is 29.3 Å². The summed E-state index contributed by atoms with van der Waals surface area (Å²) in [6.45, 7) is 6.04. The Morgan fingerprint density at radius 3 is 2.00 bits per heavy atom. The second-order valence-corrected chi connectivity index (χ2v) is 11.3. The molecular formula is C28H44N8O9. The summed E-state index contributed by atoms with van der Waals surface area (Å²) in [6.07, 6.45) is -0.412. The van der Waals surface area contributed by atoms with Gasteiger partial charge in [-0.15, -0.1) is 0 Å². The standard InChI is InChI=1S/C28H44N8O9/c1-14(2)21(24(42)33-19(25(43)44)12-15-7-9-16(37)10-8-15)35-23(41)18(13-20(38)39)34-26(45)28(3,4)36-22(40)17(29)6-5-11-32-27(30)31/h7-10,14,17-19,21,37H,5-6,11-13,29H2,1-4H3,(H,33,42)(H,34,45)(H,35,41)(H,36,40)(H,38,39)(H,43,44)(H4,30,31,32). The van der Waals surface area contributed by atoms with Crippen molar-refractivity contribution < 1.29 is 44.1 Å². The van der Waals surface area contributed by atoms with Gasteiger partial charge in [0.1, 0.15) is 29.4 Å². The highest BCUT2D eigenvalue weighted by Gasteiger charge is 2.36. The number of phenols is 1. The molecule has 1 aromatic carbocycles. The number of nitrogens with two attached hydrogens (primary N) is 3. The largest absolute Gasteiger partial charge is 0.508 e. The van der Waals surface area contributed by atoms with Gasteiger partial charge in [0.2, 0.25) is 23.6 Å². The van der Waals surface area contributed by atoms with Crippen LogP contribution in [0, 0.1) is 5.92 Å². The highest BCUT2D eigenvalue weighted by Crippen LogP contribution is 2.13. The van der Waals surface area contributed by atoms with Gasteiger partial charge in [0.15, 0.2) is 5.96 Å². The molecule has 0 saturated heterocycles. The number of aliphatic imine (C=N–C) groups is 1. The molecule has 17 heteroatoms. The molecule has 0 bridgehead atoms. The molecule has 0 radical (unpaired) electrons. The van der Waals surface area contributed by atoms with Crippen LogP contribution in [0.25, 0.3) is 0 Å². The number of benzene rings is 1. The number of aromatic hydroxyl groups is 1. The summed E-state index contributed by atoms with van der Waals surface area (Å²) in [7, 11) is 0. The quantitative estimate of drug-likeness (QED) is 0.0470. The summed E-state index contributed by atoms with van der Waals surface area (Å²) in [5.74, 6) is -6.97. The van der Waals surface area contributed by atoms with Gasteiger partial charge in [-0.2, -0.15) is 0 Å². The van der Waals surface area contributed by atoms with Crippen LogP contribution in [0.1, 0.15) is 52.5 Å². The minimum absolute atomic E-state index is 0.0226. The first-order chi connectivity index (χ1) is 20.8. The van der Waals surface area contributed by atoms with Crippen LogP contribution < -0.4 is 38.5 Å². The number of rotatable bonds is 18. The molecule has 13 N–H and O–H groups in total. The normalized spacial score (nSPS) is 13.8. The van der Waals surface area contributed by atoms with Crippen molar-refractivity contribution in [3.8, 4) is 5.75 Å². The molecule has 0 aliphatic heterocycles. The Kier molecular flexibility index (Phi) is 14.7. The molecular weight excluding hydrogens is 592 g/mol. The van der Waals surface area contributed by atoms with E-state index < -0.39 is 77.6 Å². The van der Waals surface area contributed by atoms with Gasteiger partial charge in [-0.1, -0.05) is 26.0 Å². The molecule has 0 aliphatic carbocycles. The summed E-state index contributed by atoms with van der Waals surface area (Å²) >= 11 is 0. The van der Waals surface area contributed by atoms with E-state index in [9.17, 15) is 44.1 Å².